The molecule has 2 amide bonds. The second kappa shape index (κ2) is 8.26. The van der Waals surface area contributed by atoms with Crippen molar-refractivity contribution in [2.45, 2.75) is 18.0 Å². The molecule has 1 aromatic carbocycles. The molecular formula is C20H18N2O5S. The van der Waals surface area contributed by atoms with Gasteiger partial charge in [0.2, 0.25) is 5.91 Å². The summed E-state index contributed by atoms with van der Waals surface area (Å²) in [6, 6.07) is 8.72. The highest BCUT2D eigenvalue weighted by Crippen LogP contribution is 2.28. The zero-order chi connectivity index (χ0) is 20.3. The van der Waals surface area contributed by atoms with E-state index in [1.54, 1.807) is 42.6 Å². The highest BCUT2D eigenvalue weighted by atomic mass is 32.2. The summed E-state index contributed by atoms with van der Waals surface area (Å²) in [4.78, 5) is 50.8. The second-order valence-electron chi connectivity index (χ2n) is 6.01. The van der Waals surface area contributed by atoms with E-state index in [4.69, 9.17) is 4.74 Å². The van der Waals surface area contributed by atoms with Crippen LogP contribution in [-0.4, -0.2) is 51.6 Å². The number of carbonyl (C=O) groups is 4. The maximum atomic E-state index is 12.8. The zero-order valence-corrected chi connectivity index (χ0v) is 16.0. The maximum Gasteiger partial charge on any atom is 0.330 e. The smallest absolute Gasteiger partial charge is 0.330 e. The molecule has 0 unspecified atom stereocenters. The number of thioether (sulfide) groups is 1. The van der Waals surface area contributed by atoms with Crippen molar-refractivity contribution >= 4 is 35.5 Å². The molecule has 0 spiro atoms. The molecule has 0 N–H and O–H groups in total. The van der Waals surface area contributed by atoms with Crippen molar-refractivity contribution in [2.24, 2.45) is 0 Å². The first-order valence-corrected chi connectivity index (χ1v) is 9.49. The van der Waals surface area contributed by atoms with E-state index < -0.39 is 23.8 Å². The molecule has 0 aliphatic carbocycles. The highest BCUT2D eigenvalue weighted by molar-refractivity contribution is 7.99. The summed E-state index contributed by atoms with van der Waals surface area (Å²) in [6.45, 7) is 4.88. The number of fused-ring (bicyclic) bond motifs is 1. The molecule has 28 heavy (non-hydrogen) atoms. The van der Waals surface area contributed by atoms with Crippen molar-refractivity contribution in [1.29, 1.82) is 0 Å². The van der Waals surface area contributed by atoms with Gasteiger partial charge in [-0.15, -0.1) is 11.8 Å². The van der Waals surface area contributed by atoms with Gasteiger partial charge in [0.05, 0.1) is 16.2 Å². The Balaban J connectivity index is 1.87. The van der Waals surface area contributed by atoms with Crippen molar-refractivity contribution in [3.8, 4) is 0 Å². The minimum absolute atomic E-state index is 0.0347. The Hall–Kier alpha value is -3.13. The number of ether oxygens (including phenoxy) is 1. The van der Waals surface area contributed by atoms with Gasteiger partial charge in [0, 0.05) is 18.9 Å². The van der Waals surface area contributed by atoms with Crippen molar-refractivity contribution < 1.29 is 23.9 Å². The van der Waals surface area contributed by atoms with E-state index in [0.717, 1.165) is 4.90 Å². The van der Waals surface area contributed by atoms with Gasteiger partial charge in [0.1, 0.15) is 12.6 Å². The van der Waals surface area contributed by atoms with Crippen LogP contribution in [-0.2, 0) is 9.53 Å². The summed E-state index contributed by atoms with van der Waals surface area (Å²) in [7, 11) is 0. The van der Waals surface area contributed by atoms with Gasteiger partial charge < -0.3 is 4.74 Å². The maximum absolute atomic E-state index is 12.8. The largest absolute Gasteiger partial charge is 0.460 e. The SMILES string of the molecule is C=CCOC(=O)[C@@H](CSc1cccn1C(C)=O)N1C(=O)c2ccccc2C1=O. The number of rotatable bonds is 7. The van der Waals surface area contributed by atoms with Crippen LogP contribution < -0.4 is 0 Å². The molecule has 1 atom stereocenters. The van der Waals surface area contributed by atoms with Gasteiger partial charge in [-0.25, -0.2) is 4.79 Å². The summed E-state index contributed by atoms with van der Waals surface area (Å²) in [5, 5.41) is 0.602. The molecule has 8 heteroatoms. The molecule has 0 fully saturated rings. The summed E-state index contributed by atoms with van der Waals surface area (Å²) in [6.07, 6.45) is 3.02. The molecule has 2 aromatic rings. The quantitative estimate of drug-likeness (QED) is 0.308. The number of nitrogens with zero attached hydrogens (tertiary/aromatic N) is 2. The molecule has 0 saturated carbocycles. The predicted molar refractivity (Wildman–Crippen MR) is 103 cm³/mol. The molecule has 1 aromatic heterocycles. The Morgan fingerprint density at radius 1 is 1.14 bits per heavy atom. The van der Waals surface area contributed by atoms with Crippen LogP contribution in [0, 0.1) is 0 Å². The van der Waals surface area contributed by atoms with Gasteiger partial charge in [0.25, 0.3) is 11.8 Å². The molecule has 1 aliphatic heterocycles. The molecular weight excluding hydrogens is 380 g/mol. The van der Waals surface area contributed by atoms with Crippen LogP contribution in [0.5, 0.6) is 0 Å². The predicted octanol–water partition coefficient (Wildman–Crippen LogP) is 2.63. The Morgan fingerprint density at radius 3 is 2.36 bits per heavy atom. The summed E-state index contributed by atoms with van der Waals surface area (Å²) < 4.78 is 6.55. The molecule has 7 nitrogen and oxygen atoms in total. The molecule has 0 saturated heterocycles. The number of imide groups is 1. The van der Waals surface area contributed by atoms with Gasteiger partial charge in [0.15, 0.2) is 0 Å². The van der Waals surface area contributed by atoms with Gasteiger partial charge in [-0.1, -0.05) is 24.8 Å². The van der Waals surface area contributed by atoms with E-state index in [-0.39, 0.29) is 29.4 Å². The Bertz CT molecular complexity index is 930. The second-order valence-corrected chi connectivity index (χ2v) is 7.05. The van der Waals surface area contributed by atoms with Crippen LogP contribution in [0.4, 0.5) is 0 Å². The number of amides is 2. The number of hydrogen-bond donors (Lipinski definition) is 0. The molecule has 1 aliphatic rings. The number of carbonyl (C=O) groups excluding carboxylic acids is 4. The number of hydrogen-bond acceptors (Lipinski definition) is 6. The first-order chi connectivity index (χ1) is 13.5. The summed E-state index contributed by atoms with van der Waals surface area (Å²) >= 11 is 1.19. The van der Waals surface area contributed by atoms with Crippen molar-refractivity contribution in [3.63, 3.8) is 0 Å². The topological polar surface area (TPSA) is 85.7 Å². The molecule has 144 valence electrons. The third-order valence-corrected chi connectivity index (χ3v) is 5.30. The molecule has 0 bridgehead atoms. The van der Waals surface area contributed by atoms with Gasteiger partial charge in [-0.2, -0.15) is 0 Å². The lowest BCUT2D eigenvalue weighted by atomic mass is 10.1. The van der Waals surface area contributed by atoms with Crippen LogP contribution in [0.2, 0.25) is 0 Å². The Kier molecular flexibility index (Phi) is 5.79. The van der Waals surface area contributed by atoms with Crippen LogP contribution in [0.25, 0.3) is 0 Å². The van der Waals surface area contributed by atoms with E-state index in [1.807, 2.05) is 0 Å². The van der Waals surface area contributed by atoms with Crippen LogP contribution in [0.1, 0.15) is 32.4 Å². The van der Waals surface area contributed by atoms with Gasteiger partial charge >= 0.3 is 5.97 Å². The van der Waals surface area contributed by atoms with Crippen molar-refractivity contribution in [1.82, 2.24) is 9.47 Å². The fourth-order valence-corrected chi connectivity index (χ4v) is 4.00. The van der Waals surface area contributed by atoms with E-state index in [1.165, 1.54) is 29.3 Å². The lowest BCUT2D eigenvalue weighted by Crippen LogP contribution is -2.47. The average molecular weight is 398 g/mol. The Labute approximate surface area is 166 Å². The summed E-state index contributed by atoms with van der Waals surface area (Å²) in [5.41, 5.74) is 0.511. The van der Waals surface area contributed by atoms with Crippen molar-refractivity contribution in [2.75, 3.05) is 12.4 Å². The molecule has 2 heterocycles. The highest BCUT2D eigenvalue weighted by Gasteiger charge is 2.43. The van der Waals surface area contributed by atoms with Crippen LogP contribution in [0.3, 0.4) is 0 Å². The number of esters is 1. The third-order valence-electron chi connectivity index (χ3n) is 4.19. The monoisotopic (exact) mass is 398 g/mol. The fraction of sp³-hybridized carbons (Fsp3) is 0.200. The third kappa shape index (κ3) is 3.63. The van der Waals surface area contributed by atoms with E-state index in [0.29, 0.717) is 5.03 Å². The fourth-order valence-electron chi connectivity index (χ4n) is 2.88. The average Bonchev–Trinajstić information content (AvgIpc) is 3.25. The summed E-state index contributed by atoms with van der Waals surface area (Å²) in [5.74, 6) is -1.91. The van der Waals surface area contributed by atoms with E-state index in [9.17, 15) is 19.2 Å². The first kappa shape index (κ1) is 19.6. The number of aromatic nitrogens is 1. The first-order valence-electron chi connectivity index (χ1n) is 8.51. The van der Waals surface area contributed by atoms with Gasteiger partial charge in [-0.3, -0.25) is 23.9 Å². The zero-order valence-electron chi connectivity index (χ0n) is 15.2. The molecule has 3 rings (SSSR count). The van der Waals surface area contributed by atoms with E-state index >= 15 is 0 Å². The van der Waals surface area contributed by atoms with Crippen molar-refractivity contribution in [3.05, 3.63) is 66.4 Å². The van der Waals surface area contributed by atoms with Crippen LogP contribution >= 0.6 is 11.8 Å². The minimum atomic E-state index is -1.13. The lowest BCUT2D eigenvalue weighted by Gasteiger charge is -2.24. The van der Waals surface area contributed by atoms with Crippen LogP contribution in [0.15, 0.2) is 60.3 Å². The lowest BCUT2D eigenvalue weighted by molar-refractivity contribution is -0.146. The van der Waals surface area contributed by atoms with E-state index in [2.05, 4.69) is 6.58 Å². The number of benzene rings is 1. The normalized spacial score (nSPS) is 14.0. The van der Waals surface area contributed by atoms with Gasteiger partial charge in [-0.05, 0) is 24.3 Å². The molecule has 0 radical (unpaired) electrons. The Morgan fingerprint density at radius 2 is 1.79 bits per heavy atom. The minimum Gasteiger partial charge on any atom is -0.460 e. The standard InChI is InChI=1S/C20H18N2O5S/c1-3-11-27-20(26)16(12-28-17-9-6-10-21(17)13(2)23)22-18(24)14-7-4-5-8-15(14)19(22)25/h3-10,16H,1,11-12H2,2H3/t16-/m1/s1.